The number of halogens is 2. The molecule has 88 valence electrons. The molecule has 0 amide bonds. The highest BCUT2D eigenvalue weighted by Crippen LogP contribution is 2.34. The van der Waals surface area contributed by atoms with Gasteiger partial charge in [-0.1, -0.05) is 41.9 Å². The monoisotopic (exact) mass is 250 g/mol. The van der Waals surface area contributed by atoms with Crippen molar-refractivity contribution >= 4 is 11.6 Å². The van der Waals surface area contributed by atoms with E-state index in [0.29, 0.717) is 16.1 Å². The van der Waals surface area contributed by atoms with E-state index in [-0.39, 0.29) is 0 Å². The lowest BCUT2D eigenvalue weighted by atomic mass is 9.88. The summed E-state index contributed by atoms with van der Waals surface area (Å²) in [6.07, 6.45) is 0. The number of benzene rings is 2. The van der Waals surface area contributed by atoms with Crippen LogP contribution in [-0.4, -0.2) is 5.11 Å². The third kappa shape index (κ3) is 2.33. The van der Waals surface area contributed by atoms with E-state index >= 15 is 0 Å². The third-order valence-corrected chi connectivity index (χ3v) is 3.12. The Bertz CT molecular complexity index is 523. The second kappa shape index (κ2) is 4.47. The lowest BCUT2D eigenvalue weighted by Gasteiger charge is -2.25. The molecule has 0 aromatic heterocycles. The summed E-state index contributed by atoms with van der Waals surface area (Å²) in [7, 11) is 0. The summed E-state index contributed by atoms with van der Waals surface area (Å²) in [6.45, 7) is 1.60. The Morgan fingerprint density at radius 3 is 2.41 bits per heavy atom. The quantitative estimate of drug-likeness (QED) is 0.861. The maximum Gasteiger partial charge on any atom is 0.123 e. The molecule has 0 saturated heterocycles. The van der Waals surface area contributed by atoms with Gasteiger partial charge < -0.3 is 5.11 Å². The van der Waals surface area contributed by atoms with Gasteiger partial charge in [-0.05, 0) is 30.7 Å². The van der Waals surface area contributed by atoms with Crippen LogP contribution in [0.1, 0.15) is 18.1 Å². The first-order chi connectivity index (χ1) is 8.01. The van der Waals surface area contributed by atoms with E-state index in [1.54, 1.807) is 19.1 Å². The predicted octanol–water partition coefficient (Wildman–Crippen LogP) is 3.73. The summed E-state index contributed by atoms with van der Waals surface area (Å²) >= 11 is 6.00. The van der Waals surface area contributed by atoms with Gasteiger partial charge in [0.15, 0.2) is 0 Å². The summed E-state index contributed by atoms with van der Waals surface area (Å²) in [6, 6.07) is 13.0. The minimum absolute atomic E-state index is 0.347. The van der Waals surface area contributed by atoms with Gasteiger partial charge in [0.25, 0.3) is 0 Å². The SMILES string of the molecule is CC(O)(c1ccccc1)c1cc(F)ccc1Cl. The van der Waals surface area contributed by atoms with Crippen molar-refractivity contribution in [1.82, 2.24) is 0 Å². The molecule has 0 radical (unpaired) electrons. The van der Waals surface area contributed by atoms with Crippen LogP contribution in [0.5, 0.6) is 0 Å². The van der Waals surface area contributed by atoms with Gasteiger partial charge in [-0.15, -0.1) is 0 Å². The topological polar surface area (TPSA) is 20.2 Å². The van der Waals surface area contributed by atoms with Crippen molar-refractivity contribution < 1.29 is 9.50 Å². The molecule has 0 bridgehead atoms. The molecule has 17 heavy (non-hydrogen) atoms. The highest BCUT2D eigenvalue weighted by atomic mass is 35.5. The van der Waals surface area contributed by atoms with E-state index in [2.05, 4.69) is 0 Å². The summed E-state index contributed by atoms with van der Waals surface area (Å²) in [5.41, 5.74) is -0.265. The second-order valence-corrected chi connectivity index (χ2v) is 4.47. The molecule has 0 aliphatic heterocycles. The van der Waals surface area contributed by atoms with Crippen LogP contribution in [0.2, 0.25) is 5.02 Å². The second-order valence-electron chi connectivity index (χ2n) is 4.06. The van der Waals surface area contributed by atoms with Crippen molar-refractivity contribution in [1.29, 1.82) is 0 Å². The van der Waals surface area contributed by atoms with Gasteiger partial charge in [0.05, 0.1) is 0 Å². The van der Waals surface area contributed by atoms with Crippen molar-refractivity contribution in [2.24, 2.45) is 0 Å². The zero-order valence-electron chi connectivity index (χ0n) is 9.32. The molecule has 2 aromatic rings. The molecule has 1 unspecified atom stereocenters. The van der Waals surface area contributed by atoms with Crippen LogP contribution >= 0.6 is 11.6 Å². The van der Waals surface area contributed by atoms with Crippen molar-refractivity contribution in [2.75, 3.05) is 0 Å². The van der Waals surface area contributed by atoms with E-state index in [0.717, 1.165) is 0 Å². The maximum atomic E-state index is 13.2. The molecule has 2 aromatic carbocycles. The Labute approximate surface area is 104 Å². The molecule has 0 spiro atoms. The van der Waals surface area contributed by atoms with Gasteiger partial charge in [0.2, 0.25) is 0 Å². The number of rotatable bonds is 2. The first-order valence-electron chi connectivity index (χ1n) is 5.25. The van der Waals surface area contributed by atoms with Crippen molar-refractivity contribution in [3.8, 4) is 0 Å². The van der Waals surface area contributed by atoms with E-state index < -0.39 is 11.4 Å². The fourth-order valence-electron chi connectivity index (χ4n) is 1.79. The number of hydrogen-bond acceptors (Lipinski definition) is 1. The molecule has 3 heteroatoms. The Hall–Kier alpha value is -1.38. The Morgan fingerprint density at radius 1 is 1.12 bits per heavy atom. The maximum absolute atomic E-state index is 13.2. The number of hydrogen-bond donors (Lipinski definition) is 1. The van der Waals surface area contributed by atoms with Gasteiger partial charge in [0, 0.05) is 10.6 Å². The lowest BCUT2D eigenvalue weighted by Crippen LogP contribution is -2.23. The predicted molar refractivity (Wildman–Crippen MR) is 66.5 cm³/mol. The van der Waals surface area contributed by atoms with Crippen LogP contribution in [0.15, 0.2) is 48.5 Å². The first-order valence-corrected chi connectivity index (χ1v) is 5.63. The van der Waals surface area contributed by atoms with Gasteiger partial charge in [-0.3, -0.25) is 0 Å². The minimum Gasteiger partial charge on any atom is -0.381 e. The van der Waals surface area contributed by atoms with Crippen LogP contribution in [-0.2, 0) is 5.60 Å². The first kappa shape index (κ1) is 12.1. The standard InChI is InChI=1S/C14H12ClFO/c1-14(17,10-5-3-2-4-6-10)12-9-11(16)7-8-13(12)15/h2-9,17H,1H3. The molecular weight excluding hydrogens is 239 g/mol. The average molecular weight is 251 g/mol. The van der Waals surface area contributed by atoms with Crippen LogP contribution < -0.4 is 0 Å². The van der Waals surface area contributed by atoms with Gasteiger partial charge in [-0.2, -0.15) is 0 Å². The van der Waals surface area contributed by atoms with Crippen LogP contribution in [0.4, 0.5) is 4.39 Å². The average Bonchev–Trinajstić information content (AvgIpc) is 2.33. The van der Waals surface area contributed by atoms with E-state index in [9.17, 15) is 9.50 Å². The normalized spacial score (nSPS) is 14.4. The minimum atomic E-state index is -1.31. The highest BCUT2D eigenvalue weighted by Gasteiger charge is 2.28. The zero-order chi connectivity index (χ0) is 12.5. The van der Waals surface area contributed by atoms with Crippen LogP contribution in [0.25, 0.3) is 0 Å². The smallest absolute Gasteiger partial charge is 0.123 e. The fraction of sp³-hybridized carbons (Fsp3) is 0.143. The summed E-state index contributed by atoms with van der Waals surface area (Å²) < 4.78 is 13.2. The molecule has 1 N–H and O–H groups in total. The van der Waals surface area contributed by atoms with Crippen LogP contribution in [0, 0.1) is 5.82 Å². The van der Waals surface area contributed by atoms with Crippen molar-refractivity contribution in [2.45, 2.75) is 12.5 Å². The van der Waals surface area contributed by atoms with E-state index in [1.807, 2.05) is 18.2 Å². The molecule has 0 saturated carbocycles. The fourth-order valence-corrected chi connectivity index (χ4v) is 2.09. The third-order valence-electron chi connectivity index (χ3n) is 2.79. The zero-order valence-corrected chi connectivity index (χ0v) is 10.1. The molecular formula is C14H12ClFO. The molecule has 0 aliphatic rings. The summed E-state index contributed by atoms with van der Waals surface area (Å²) in [4.78, 5) is 0. The molecule has 0 fully saturated rings. The van der Waals surface area contributed by atoms with E-state index in [1.165, 1.54) is 18.2 Å². The Morgan fingerprint density at radius 2 is 1.76 bits per heavy atom. The Kier molecular flexibility index (Phi) is 3.18. The molecule has 0 heterocycles. The van der Waals surface area contributed by atoms with Gasteiger partial charge in [-0.25, -0.2) is 4.39 Å². The Balaban J connectivity index is 2.55. The lowest BCUT2D eigenvalue weighted by molar-refractivity contribution is 0.102. The molecule has 1 nitrogen and oxygen atoms in total. The van der Waals surface area contributed by atoms with Crippen molar-refractivity contribution in [3.63, 3.8) is 0 Å². The summed E-state index contributed by atoms with van der Waals surface area (Å²) in [5, 5.41) is 10.9. The van der Waals surface area contributed by atoms with Gasteiger partial charge in [0.1, 0.15) is 11.4 Å². The molecule has 0 aliphatic carbocycles. The van der Waals surface area contributed by atoms with Crippen LogP contribution in [0.3, 0.4) is 0 Å². The summed E-state index contributed by atoms with van der Waals surface area (Å²) in [5.74, 6) is -0.416. The largest absolute Gasteiger partial charge is 0.381 e. The molecule has 1 atom stereocenters. The highest BCUT2D eigenvalue weighted by molar-refractivity contribution is 6.31. The van der Waals surface area contributed by atoms with E-state index in [4.69, 9.17) is 11.6 Å². The molecule has 2 rings (SSSR count). The van der Waals surface area contributed by atoms with Crippen molar-refractivity contribution in [3.05, 3.63) is 70.5 Å². The van der Waals surface area contributed by atoms with Gasteiger partial charge >= 0.3 is 0 Å². The number of aliphatic hydroxyl groups is 1.